The number of hydrogen-bond acceptors (Lipinski definition) is 8. The van der Waals surface area contributed by atoms with Crippen LogP contribution in [0, 0.1) is 6.92 Å². The van der Waals surface area contributed by atoms with E-state index >= 15 is 0 Å². The van der Waals surface area contributed by atoms with Crippen molar-refractivity contribution in [1.29, 1.82) is 0 Å². The van der Waals surface area contributed by atoms with Crippen LogP contribution in [0.3, 0.4) is 0 Å². The summed E-state index contributed by atoms with van der Waals surface area (Å²) < 4.78 is 33.3. The summed E-state index contributed by atoms with van der Waals surface area (Å²) in [7, 11) is -3.40. The molecule has 3 heterocycles. The lowest BCUT2D eigenvalue weighted by Gasteiger charge is -2.28. The highest BCUT2D eigenvalue weighted by Gasteiger charge is 2.18. The lowest BCUT2D eigenvalue weighted by Crippen LogP contribution is -2.36. The van der Waals surface area contributed by atoms with E-state index in [4.69, 9.17) is 8.92 Å². The van der Waals surface area contributed by atoms with Gasteiger partial charge in [0, 0.05) is 24.4 Å². The number of aromatic nitrogens is 2. The third-order valence-electron chi connectivity index (χ3n) is 3.47. The Labute approximate surface area is 139 Å². The van der Waals surface area contributed by atoms with Crippen molar-refractivity contribution in [3.05, 3.63) is 16.8 Å². The first-order chi connectivity index (χ1) is 10.9. The number of morpholine rings is 1. The molecule has 0 saturated carbocycles. The van der Waals surface area contributed by atoms with E-state index in [1.165, 1.54) is 0 Å². The molecule has 0 unspecified atom stereocenters. The zero-order chi connectivity index (χ0) is 16.4. The summed E-state index contributed by atoms with van der Waals surface area (Å²) >= 11 is 1.59. The van der Waals surface area contributed by atoms with Crippen LogP contribution in [0.2, 0.25) is 0 Å². The number of rotatable bonds is 5. The van der Waals surface area contributed by atoms with E-state index in [0.717, 1.165) is 46.1 Å². The van der Waals surface area contributed by atoms with Crippen LogP contribution in [0.5, 0.6) is 0 Å². The molecule has 0 amide bonds. The minimum absolute atomic E-state index is 0.144. The molecular formula is C14H19N3O4S2. The van der Waals surface area contributed by atoms with Gasteiger partial charge in [0.05, 0.1) is 36.3 Å². The van der Waals surface area contributed by atoms with Gasteiger partial charge in [-0.15, -0.1) is 11.3 Å². The van der Waals surface area contributed by atoms with Gasteiger partial charge in [-0.2, -0.15) is 8.42 Å². The summed E-state index contributed by atoms with van der Waals surface area (Å²) in [5.41, 5.74) is 0.901. The predicted octanol–water partition coefficient (Wildman–Crippen LogP) is 1.36. The van der Waals surface area contributed by atoms with E-state index in [2.05, 4.69) is 14.9 Å². The quantitative estimate of drug-likeness (QED) is 0.747. The number of aryl methyl sites for hydroxylation is 1. The van der Waals surface area contributed by atoms with E-state index in [0.29, 0.717) is 19.6 Å². The first-order valence-electron chi connectivity index (χ1n) is 7.36. The third-order valence-corrected chi connectivity index (χ3v) is 5.25. The van der Waals surface area contributed by atoms with Crippen LogP contribution >= 0.6 is 11.3 Å². The smallest absolute Gasteiger partial charge is 0.264 e. The Balaban J connectivity index is 1.86. The lowest BCUT2D eigenvalue weighted by atomic mass is 10.3. The standard InChI is InChI=1S/C14H19N3O4S2/c1-10-15-12-9-11(3-6-21-23(2,18)19)22-13(12)14(16-10)17-4-7-20-8-5-17/h9H,3-8H2,1-2H3. The average Bonchev–Trinajstić information content (AvgIpc) is 2.88. The van der Waals surface area contributed by atoms with Gasteiger partial charge >= 0.3 is 0 Å². The largest absolute Gasteiger partial charge is 0.378 e. The Morgan fingerprint density at radius 1 is 1.35 bits per heavy atom. The van der Waals surface area contributed by atoms with Gasteiger partial charge in [-0.3, -0.25) is 4.18 Å². The SMILES string of the molecule is Cc1nc(N2CCOCC2)c2sc(CCOS(C)(=O)=O)cc2n1. The molecule has 1 saturated heterocycles. The first kappa shape index (κ1) is 16.6. The molecule has 0 bridgehead atoms. The van der Waals surface area contributed by atoms with Crippen molar-refractivity contribution in [1.82, 2.24) is 9.97 Å². The van der Waals surface area contributed by atoms with Gasteiger partial charge in [0.2, 0.25) is 0 Å². The van der Waals surface area contributed by atoms with Crippen molar-refractivity contribution in [3.63, 3.8) is 0 Å². The minimum atomic E-state index is -3.40. The molecule has 3 rings (SSSR count). The molecule has 2 aromatic heterocycles. The molecule has 1 aliphatic rings. The second kappa shape index (κ2) is 6.68. The van der Waals surface area contributed by atoms with Crippen LogP contribution in [-0.2, 0) is 25.5 Å². The molecule has 0 spiro atoms. The predicted molar refractivity (Wildman–Crippen MR) is 89.7 cm³/mol. The van der Waals surface area contributed by atoms with Crippen LogP contribution < -0.4 is 4.90 Å². The molecule has 7 nitrogen and oxygen atoms in total. The number of fused-ring (bicyclic) bond motifs is 1. The normalized spacial score (nSPS) is 16.2. The van der Waals surface area contributed by atoms with Crippen LogP contribution in [0.15, 0.2) is 6.07 Å². The number of hydrogen-bond donors (Lipinski definition) is 0. The van der Waals surface area contributed by atoms with Crippen LogP contribution in [0.25, 0.3) is 10.2 Å². The Morgan fingerprint density at radius 3 is 2.78 bits per heavy atom. The lowest BCUT2D eigenvalue weighted by molar-refractivity contribution is 0.122. The number of nitrogens with zero attached hydrogens (tertiary/aromatic N) is 3. The van der Waals surface area contributed by atoms with Crippen LogP contribution in [0.1, 0.15) is 10.7 Å². The van der Waals surface area contributed by atoms with Crippen molar-refractivity contribution in [3.8, 4) is 0 Å². The molecule has 0 atom stereocenters. The second-order valence-electron chi connectivity index (χ2n) is 5.40. The van der Waals surface area contributed by atoms with E-state index in [1.807, 2.05) is 13.0 Å². The van der Waals surface area contributed by atoms with Gasteiger partial charge in [-0.05, 0) is 13.0 Å². The number of anilines is 1. The highest BCUT2D eigenvalue weighted by Crippen LogP contribution is 2.32. The fourth-order valence-corrected chi connectivity index (χ4v) is 3.96. The molecule has 1 fully saturated rings. The summed E-state index contributed by atoms with van der Waals surface area (Å²) in [6.07, 6.45) is 1.60. The van der Waals surface area contributed by atoms with Crippen molar-refractivity contribution < 1.29 is 17.3 Å². The molecule has 0 N–H and O–H groups in total. The van der Waals surface area contributed by atoms with Crippen molar-refractivity contribution in [2.24, 2.45) is 0 Å². The summed E-state index contributed by atoms with van der Waals surface area (Å²) in [6.45, 7) is 5.06. The molecule has 0 aromatic carbocycles. The summed E-state index contributed by atoms with van der Waals surface area (Å²) in [6, 6.07) is 1.99. The molecule has 23 heavy (non-hydrogen) atoms. The van der Waals surface area contributed by atoms with Crippen molar-refractivity contribution >= 4 is 37.5 Å². The van der Waals surface area contributed by atoms with E-state index in [-0.39, 0.29) is 6.61 Å². The maximum Gasteiger partial charge on any atom is 0.264 e. The van der Waals surface area contributed by atoms with Gasteiger partial charge in [0.1, 0.15) is 5.82 Å². The third kappa shape index (κ3) is 4.17. The zero-order valence-electron chi connectivity index (χ0n) is 13.1. The van der Waals surface area contributed by atoms with Crippen LogP contribution in [0.4, 0.5) is 5.82 Å². The van der Waals surface area contributed by atoms with E-state index < -0.39 is 10.1 Å². The highest BCUT2D eigenvalue weighted by molar-refractivity contribution is 7.85. The Morgan fingerprint density at radius 2 is 2.09 bits per heavy atom. The first-order valence-corrected chi connectivity index (χ1v) is 10.00. The van der Waals surface area contributed by atoms with Crippen LogP contribution in [-0.4, -0.2) is 57.6 Å². The molecule has 9 heteroatoms. The summed E-state index contributed by atoms with van der Waals surface area (Å²) in [4.78, 5) is 12.3. The van der Waals surface area contributed by atoms with Crippen molar-refractivity contribution in [2.75, 3.05) is 44.1 Å². The topological polar surface area (TPSA) is 81.6 Å². The molecule has 0 aliphatic carbocycles. The Kier molecular flexibility index (Phi) is 4.81. The van der Waals surface area contributed by atoms with Gasteiger partial charge in [0.15, 0.2) is 5.82 Å². The minimum Gasteiger partial charge on any atom is -0.378 e. The summed E-state index contributed by atoms with van der Waals surface area (Å²) in [5, 5.41) is 0. The second-order valence-corrected chi connectivity index (χ2v) is 8.18. The molecule has 126 valence electrons. The fourth-order valence-electron chi connectivity index (χ4n) is 2.48. The van der Waals surface area contributed by atoms with E-state index in [9.17, 15) is 8.42 Å². The Bertz CT molecular complexity index is 798. The maximum atomic E-state index is 11.0. The number of thiophene rings is 1. The highest BCUT2D eigenvalue weighted by atomic mass is 32.2. The molecular weight excluding hydrogens is 338 g/mol. The summed E-state index contributed by atoms with van der Waals surface area (Å²) in [5.74, 6) is 1.67. The molecule has 2 aromatic rings. The van der Waals surface area contributed by atoms with Gasteiger partial charge in [-0.25, -0.2) is 9.97 Å². The van der Waals surface area contributed by atoms with Gasteiger partial charge in [0.25, 0.3) is 10.1 Å². The average molecular weight is 357 g/mol. The molecule has 0 radical (unpaired) electrons. The Hall–Kier alpha value is -1.29. The molecule has 1 aliphatic heterocycles. The van der Waals surface area contributed by atoms with Gasteiger partial charge in [-0.1, -0.05) is 0 Å². The fraction of sp³-hybridized carbons (Fsp3) is 0.571. The van der Waals surface area contributed by atoms with E-state index in [1.54, 1.807) is 11.3 Å². The van der Waals surface area contributed by atoms with Crippen molar-refractivity contribution in [2.45, 2.75) is 13.3 Å². The maximum absolute atomic E-state index is 11.0. The number of ether oxygens (including phenoxy) is 1. The monoisotopic (exact) mass is 357 g/mol. The van der Waals surface area contributed by atoms with Gasteiger partial charge < -0.3 is 9.64 Å². The zero-order valence-corrected chi connectivity index (χ0v) is 14.7.